The van der Waals surface area contributed by atoms with Crippen LogP contribution < -0.4 is 0 Å². The van der Waals surface area contributed by atoms with Crippen LogP contribution in [0, 0.1) is 0 Å². The van der Waals surface area contributed by atoms with E-state index in [-0.39, 0.29) is 0 Å². The highest BCUT2D eigenvalue weighted by atomic mass is 35.5. The van der Waals surface area contributed by atoms with E-state index in [9.17, 15) is 0 Å². The van der Waals surface area contributed by atoms with E-state index in [0.717, 1.165) is 28.0 Å². The zero-order chi connectivity index (χ0) is 16.7. The van der Waals surface area contributed by atoms with Gasteiger partial charge in [0.25, 0.3) is 0 Å². The van der Waals surface area contributed by atoms with Crippen LogP contribution in [0.25, 0.3) is 22.4 Å². The number of hydrogen-bond acceptors (Lipinski definition) is 3. The smallest absolute Gasteiger partial charge is 0.143 e. The molecular weight excluding hydrogens is 369 g/mol. The van der Waals surface area contributed by atoms with Gasteiger partial charge in [0.2, 0.25) is 0 Å². The minimum atomic E-state index is 0.497. The van der Waals surface area contributed by atoms with E-state index in [1.165, 1.54) is 0 Å². The summed E-state index contributed by atoms with van der Waals surface area (Å²) in [7, 11) is 0. The number of fused-ring (bicyclic) bond motifs is 1. The first-order valence-electron chi connectivity index (χ1n) is 7.09. The summed E-state index contributed by atoms with van der Waals surface area (Å²) in [6.45, 7) is 0.497. The van der Waals surface area contributed by atoms with Crippen LogP contribution in [0.1, 0.15) is 5.56 Å². The van der Waals surface area contributed by atoms with E-state index >= 15 is 0 Å². The van der Waals surface area contributed by atoms with Crippen molar-refractivity contribution >= 4 is 45.8 Å². The first kappa shape index (κ1) is 15.5. The molecule has 3 heterocycles. The van der Waals surface area contributed by atoms with E-state index in [2.05, 4.69) is 9.97 Å². The molecule has 4 aromatic rings. The second-order valence-corrected chi connectivity index (χ2v) is 6.57. The molecule has 0 radical (unpaired) electrons. The molecule has 0 bridgehead atoms. The van der Waals surface area contributed by atoms with Gasteiger partial charge in [-0.1, -0.05) is 34.8 Å². The normalized spacial score (nSPS) is 11.3. The lowest BCUT2D eigenvalue weighted by Crippen LogP contribution is -2.03. The fourth-order valence-electron chi connectivity index (χ4n) is 2.61. The lowest BCUT2D eigenvalue weighted by molar-refractivity contribution is 0.568. The SMILES string of the molecule is Clc1cncc(-c2nc3cocc3n2Cc2cc(Cl)ccc2Cl)c1. The van der Waals surface area contributed by atoms with Crippen LogP contribution in [0.5, 0.6) is 0 Å². The predicted molar refractivity (Wildman–Crippen MR) is 95.8 cm³/mol. The maximum absolute atomic E-state index is 6.31. The minimum Gasteiger partial charge on any atom is -0.468 e. The van der Waals surface area contributed by atoms with Gasteiger partial charge in [-0.25, -0.2) is 4.98 Å². The molecule has 0 aliphatic heterocycles. The first-order valence-corrected chi connectivity index (χ1v) is 8.22. The fraction of sp³-hybridized carbons (Fsp3) is 0.0588. The summed E-state index contributed by atoms with van der Waals surface area (Å²) in [5, 5.41) is 1.82. The molecule has 0 saturated carbocycles. The van der Waals surface area contributed by atoms with Gasteiger partial charge < -0.3 is 8.98 Å². The highest BCUT2D eigenvalue weighted by Crippen LogP contribution is 2.29. The Kier molecular flexibility index (Phi) is 3.96. The lowest BCUT2D eigenvalue weighted by Gasteiger charge is -2.11. The Morgan fingerprint density at radius 2 is 1.88 bits per heavy atom. The lowest BCUT2D eigenvalue weighted by atomic mass is 10.2. The first-order chi connectivity index (χ1) is 11.6. The monoisotopic (exact) mass is 377 g/mol. The quantitative estimate of drug-likeness (QED) is 0.459. The number of aromatic nitrogens is 3. The van der Waals surface area contributed by atoms with E-state index in [1.807, 2.05) is 16.7 Å². The second-order valence-electron chi connectivity index (χ2n) is 5.29. The topological polar surface area (TPSA) is 43.9 Å². The maximum Gasteiger partial charge on any atom is 0.143 e. The second kappa shape index (κ2) is 6.13. The van der Waals surface area contributed by atoms with Crippen LogP contribution in [-0.2, 0) is 6.54 Å². The molecule has 0 unspecified atom stereocenters. The molecular formula is C17H10Cl3N3O. The summed E-state index contributed by atoms with van der Waals surface area (Å²) in [4.78, 5) is 8.77. The number of nitrogens with zero attached hydrogens (tertiary/aromatic N) is 3. The molecule has 0 saturated heterocycles. The van der Waals surface area contributed by atoms with Crippen molar-refractivity contribution in [3.8, 4) is 11.4 Å². The van der Waals surface area contributed by atoms with Crippen LogP contribution in [0.3, 0.4) is 0 Å². The Morgan fingerprint density at radius 1 is 1.00 bits per heavy atom. The average molecular weight is 379 g/mol. The molecule has 1 aromatic carbocycles. The third kappa shape index (κ3) is 2.77. The van der Waals surface area contributed by atoms with Crippen LogP contribution in [0.2, 0.25) is 15.1 Å². The minimum absolute atomic E-state index is 0.497. The van der Waals surface area contributed by atoms with E-state index in [0.29, 0.717) is 21.6 Å². The summed E-state index contributed by atoms with van der Waals surface area (Å²) in [5.74, 6) is 0.738. The number of rotatable bonds is 3. The van der Waals surface area contributed by atoms with Crippen molar-refractivity contribution in [1.82, 2.24) is 14.5 Å². The molecule has 4 nitrogen and oxygen atoms in total. The Hall–Kier alpha value is -2.01. The van der Waals surface area contributed by atoms with Gasteiger partial charge in [0, 0.05) is 28.0 Å². The summed E-state index contributed by atoms with van der Waals surface area (Å²) in [6, 6.07) is 7.21. The van der Waals surface area contributed by atoms with Gasteiger partial charge in [0.05, 0.1) is 11.6 Å². The Bertz CT molecular complexity index is 1040. The number of benzene rings is 1. The summed E-state index contributed by atoms with van der Waals surface area (Å²) >= 11 is 18.5. The summed E-state index contributed by atoms with van der Waals surface area (Å²) < 4.78 is 7.27. The van der Waals surface area contributed by atoms with Crippen molar-refractivity contribution in [2.45, 2.75) is 6.54 Å². The molecule has 0 N–H and O–H groups in total. The van der Waals surface area contributed by atoms with Crippen molar-refractivity contribution in [3.05, 3.63) is 69.8 Å². The van der Waals surface area contributed by atoms with Crippen LogP contribution in [0.4, 0.5) is 0 Å². The van der Waals surface area contributed by atoms with E-state index in [1.54, 1.807) is 37.1 Å². The van der Waals surface area contributed by atoms with Crippen molar-refractivity contribution in [2.75, 3.05) is 0 Å². The molecule has 0 amide bonds. The van der Waals surface area contributed by atoms with Crippen LogP contribution >= 0.6 is 34.8 Å². The average Bonchev–Trinajstić information content (AvgIpc) is 3.13. The highest BCUT2D eigenvalue weighted by Gasteiger charge is 2.16. The van der Waals surface area contributed by atoms with E-state index < -0.39 is 0 Å². The predicted octanol–water partition coefficient (Wildman–Crippen LogP) is 5.70. The van der Waals surface area contributed by atoms with Crippen molar-refractivity contribution in [2.24, 2.45) is 0 Å². The zero-order valence-electron chi connectivity index (χ0n) is 12.2. The summed E-state index contributed by atoms with van der Waals surface area (Å²) in [6.07, 6.45) is 6.57. The molecule has 0 fully saturated rings. The van der Waals surface area contributed by atoms with Gasteiger partial charge in [0.15, 0.2) is 0 Å². The van der Waals surface area contributed by atoms with Gasteiger partial charge in [-0.3, -0.25) is 4.98 Å². The fourth-order valence-corrected chi connectivity index (χ4v) is 3.15. The van der Waals surface area contributed by atoms with Gasteiger partial charge in [-0.15, -0.1) is 0 Å². The zero-order valence-corrected chi connectivity index (χ0v) is 14.5. The van der Waals surface area contributed by atoms with Gasteiger partial charge in [0.1, 0.15) is 29.4 Å². The Morgan fingerprint density at radius 3 is 2.71 bits per heavy atom. The molecule has 120 valence electrons. The number of pyridine rings is 1. The molecule has 24 heavy (non-hydrogen) atoms. The van der Waals surface area contributed by atoms with E-state index in [4.69, 9.17) is 39.2 Å². The number of halogens is 3. The standard InChI is InChI=1S/C17H10Cl3N3O/c18-12-1-2-14(20)11(4-12)7-23-16-9-24-8-15(16)22-17(23)10-3-13(19)6-21-5-10/h1-6,8-9H,7H2. The van der Waals surface area contributed by atoms with Gasteiger partial charge >= 0.3 is 0 Å². The third-order valence-corrected chi connectivity index (χ3v) is 4.50. The van der Waals surface area contributed by atoms with Gasteiger partial charge in [-0.2, -0.15) is 0 Å². The summed E-state index contributed by atoms with van der Waals surface area (Å²) in [5.41, 5.74) is 3.32. The molecule has 0 aliphatic carbocycles. The Balaban J connectivity index is 1.88. The largest absolute Gasteiger partial charge is 0.468 e. The molecule has 0 aliphatic rings. The molecule has 7 heteroatoms. The van der Waals surface area contributed by atoms with Crippen molar-refractivity contribution < 1.29 is 4.42 Å². The molecule has 0 spiro atoms. The number of hydrogen-bond donors (Lipinski definition) is 0. The molecule has 4 rings (SSSR count). The third-order valence-electron chi connectivity index (χ3n) is 3.69. The maximum atomic E-state index is 6.31. The molecule has 0 atom stereocenters. The number of imidazole rings is 1. The van der Waals surface area contributed by atoms with Crippen molar-refractivity contribution in [1.29, 1.82) is 0 Å². The van der Waals surface area contributed by atoms with Crippen molar-refractivity contribution in [3.63, 3.8) is 0 Å². The molecule has 3 aromatic heterocycles. The van der Waals surface area contributed by atoms with Crippen LogP contribution in [-0.4, -0.2) is 14.5 Å². The Labute approximate surface area is 152 Å². The highest BCUT2D eigenvalue weighted by molar-refractivity contribution is 6.33. The van der Waals surface area contributed by atoms with Gasteiger partial charge in [-0.05, 0) is 29.8 Å². The van der Waals surface area contributed by atoms with Crippen LogP contribution in [0.15, 0.2) is 53.6 Å². The number of furan rings is 1.